The van der Waals surface area contributed by atoms with Crippen LogP contribution in [0, 0.1) is 0 Å². The molecule has 0 saturated heterocycles. The van der Waals surface area contributed by atoms with Crippen LogP contribution in [0.1, 0.15) is 26.2 Å². The Hall–Kier alpha value is -0.160. The van der Waals surface area contributed by atoms with Crippen molar-refractivity contribution in [1.29, 1.82) is 0 Å². The molecule has 0 aromatic carbocycles. The Labute approximate surface area is 93.1 Å². The molecule has 0 aromatic rings. The summed E-state index contributed by atoms with van der Waals surface area (Å²) in [5.74, 6) is 0. The molecule has 0 aromatic heterocycles. The quantitative estimate of drug-likeness (QED) is 0.530. The fourth-order valence-corrected chi connectivity index (χ4v) is 1.18. The van der Waals surface area contributed by atoms with E-state index in [1.165, 1.54) is 0 Å². The van der Waals surface area contributed by atoms with Gasteiger partial charge in [-0.3, -0.25) is 0 Å². The highest BCUT2D eigenvalue weighted by Gasteiger charge is 2.00. The van der Waals surface area contributed by atoms with Gasteiger partial charge in [-0.2, -0.15) is 0 Å². The molecular formula is C11H25NO3. The molecule has 1 atom stereocenters. The van der Waals surface area contributed by atoms with E-state index in [0.717, 1.165) is 39.0 Å². The van der Waals surface area contributed by atoms with Gasteiger partial charge in [0.2, 0.25) is 0 Å². The molecule has 0 aliphatic rings. The Morgan fingerprint density at radius 2 is 1.87 bits per heavy atom. The lowest BCUT2D eigenvalue weighted by atomic mass is 10.2. The topological polar surface area (TPSA) is 53.7 Å². The van der Waals surface area contributed by atoms with E-state index in [2.05, 4.69) is 6.92 Å². The number of hydrogen-bond acceptors (Lipinski definition) is 4. The van der Waals surface area contributed by atoms with Crippen molar-refractivity contribution in [2.24, 2.45) is 5.73 Å². The van der Waals surface area contributed by atoms with Crippen molar-refractivity contribution in [2.75, 3.05) is 40.1 Å². The van der Waals surface area contributed by atoms with E-state index >= 15 is 0 Å². The second-order valence-corrected chi connectivity index (χ2v) is 3.57. The summed E-state index contributed by atoms with van der Waals surface area (Å²) in [6, 6.07) is 0. The molecule has 0 aliphatic heterocycles. The van der Waals surface area contributed by atoms with Crippen LogP contribution >= 0.6 is 0 Å². The summed E-state index contributed by atoms with van der Waals surface area (Å²) in [6.07, 6.45) is 3.33. The molecule has 2 N–H and O–H groups in total. The van der Waals surface area contributed by atoms with E-state index in [9.17, 15) is 0 Å². The zero-order chi connectivity index (χ0) is 11.4. The molecular weight excluding hydrogens is 194 g/mol. The van der Waals surface area contributed by atoms with Crippen LogP contribution < -0.4 is 5.73 Å². The largest absolute Gasteiger partial charge is 0.382 e. The molecule has 0 amide bonds. The van der Waals surface area contributed by atoms with Gasteiger partial charge < -0.3 is 19.9 Å². The predicted molar refractivity (Wildman–Crippen MR) is 61.0 cm³/mol. The highest BCUT2D eigenvalue weighted by atomic mass is 16.5. The van der Waals surface area contributed by atoms with Crippen LogP contribution in [0.4, 0.5) is 0 Å². The fraction of sp³-hybridized carbons (Fsp3) is 1.00. The Morgan fingerprint density at radius 1 is 1.07 bits per heavy atom. The summed E-state index contributed by atoms with van der Waals surface area (Å²) in [7, 11) is 1.67. The first-order chi connectivity index (χ1) is 7.31. The van der Waals surface area contributed by atoms with Crippen molar-refractivity contribution in [3.8, 4) is 0 Å². The van der Waals surface area contributed by atoms with Gasteiger partial charge in [0.1, 0.15) is 0 Å². The average molecular weight is 219 g/mol. The van der Waals surface area contributed by atoms with Crippen LogP contribution in [0.5, 0.6) is 0 Å². The van der Waals surface area contributed by atoms with Gasteiger partial charge in [0.05, 0.1) is 19.3 Å². The number of hydrogen-bond donors (Lipinski definition) is 1. The maximum atomic E-state index is 5.58. The van der Waals surface area contributed by atoms with Crippen LogP contribution in [0.15, 0.2) is 0 Å². The first-order valence-corrected chi connectivity index (χ1v) is 5.69. The molecule has 0 fully saturated rings. The van der Waals surface area contributed by atoms with E-state index in [-0.39, 0.29) is 0 Å². The van der Waals surface area contributed by atoms with Gasteiger partial charge in [0.15, 0.2) is 0 Å². The van der Waals surface area contributed by atoms with Crippen molar-refractivity contribution in [3.63, 3.8) is 0 Å². The molecule has 4 nitrogen and oxygen atoms in total. The SMILES string of the molecule is COCCOCCCOC(C)CCCN. The summed E-state index contributed by atoms with van der Waals surface area (Å²) >= 11 is 0. The third-order valence-electron chi connectivity index (χ3n) is 2.08. The van der Waals surface area contributed by atoms with Crippen molar-refractivity contribution in [2.45, 2.75) is 32.3 Å². The molecule has 0 aliphatic carbocycles. The lowest BCUT2D eigenvalue weighted by Crippen LogP contribution is -2.13. The number of methoxy groups -OCH3 is 1. The van der Waals surface area contributed by atoms with Crippen LogP contribution in [0.25, 0.3) is 0 Å². The average Bonchev–Trinajstić information content (AvgIpc) is 2.25. The Bertz CT molecular complexity index is 122. The molecule has 0 heterocycles. The lowest BCUT2D eigenvalue weighted by molar-refractivity contribution is 0.0270. The second kappa shape index (κ2) is 11.9. The normalized spacial score (nSPS) is 13.0. The maximum absolute atomic E-state index is 5.58. The zero-order valence-electron chi connectivity index (χ0n) is 10.0. The lowest BCUT2D eigenvalue weighted by Gasteiger charge is -2.12. The summed E-state index contributed by atoms with van der Waals surface area (Å²) in [4.78, 5) is 0. The second-order valence-electron chi connectivity index (χ2n) is 3.57. The van der Waals surface area contributed by atoms with Gasteiger partial charge in [-0.15, -0.1) is 0 Å². The van der Waals surface area contributed by atoms with Gasteiger partial charge >= 0.3 is 0 Å². The minimum absolute atomic E-state index is 0.313. The van der Waals surface area contributed by atoms with E-state index in [1.54, 1.807) is 7.11 Å². The van der Waals surface area contributed by atoms with Crippen LogP contribution in [0.3, 0.4) is 0 Å². The van der Waals surface area contributed by atoms with Crippen molar-refractivity contribution < 1.29 is 14.2 Å². The standard InChI is InChI=1S/C11H25NO3/c1-11(5-3-6-12)15-8-4-7-14-10-9-13-2/h11H,3-10,12H2,1-2H3. The van der Waals surface area contributed by atoms with Crippen LogP contribution in [0.2, 0.25) is 0 Å². The first kappa shape index (κ1) is 14.8. The molecule has 92 valence electrons. The monoisotopic (exact) mass is 219 g/mol. The molecule has 1 unspecified atom stereocenters. The van der Waals surface area contributed by atoms with Gasteiger partial charge in [-0.05, 0) is 32.7 Å². The smallest absolute Gasteiger partial charge is 0.0700 e. The number of rotatable bonds is 11. The number of ether oxygens (including phenoxy) is 3. The third kappa shape index (κ3) is 11.8. The zero-order valence-corrected chi connectivity index (χ0v) is 10.0. The molecule has 0 saturated carbocycles. The molecule has 0 radical (unpaired) electrons. The van der Waals surface area contributed by atoms with E-state index in [0.29, 0.717) is 19.3 Å². The van der Waals surface area contributed by atoms with Crippen molar-refractivity contribution in [1.82, 2.24) is 0 Å². The van der Waals surface area contributed by atoms with Gasteiger partial charge in [0, 0.05) is 20.3 Å². The number of nitrogens with two attached hydrogens (primary N) is 1. The third-order valence-corrected chi connectivity index (χ3v) is 2.08. The molecule has 15 heavy (non-hydrogen) atoms. The summed E-state index contributed by atoms with van der Waals surface area (Å²) < 4.78 is 15.8. The van der Waals surface area contributed by atoms with Gasteiger partial charge in [-0.25, -0.2) is 0 Å². The predicted octanol–water partition coefficient (Wildman–Crippen LogP) is 1.18. The van der Waals surface area contributed by atoms with Crippen LogP contribution in [-0.4, -0.2) is 46.2 Å². The summed E-state index contributed by atoms with van der Waals surface area (Å²) in [6.45, 7) is 5.66. The summed E-state index contributed by atoms with van der Waals surface area (Å²) in [5, 5.41) is 0. The minimum Gasteiger partial charge on any atom is -0.382 e. The Kier molecular flexibility index (Phi) is 11.8. The van der Waals surface area contributed by atoms with Gasteiger partial charge in [-0.1, -0.05) is 0 Å². The van der Waals surface area contributed by atoms with Gasteiger partial charge in [0.25, 0.3) is 0 Å². The highest BCUT2D eigenvalue weighted by molar-refractivity contribution is 4.51. The molecule has 0 spiro atoms. The van der Waals surface area contributed by atoms with Crippen molar-refractivity contribution >= 4 is 0 Å². The molecule has 4 heteroatoms. The fourth-order valence-electron chi connectivity index (χ4n) is 1.18. The Balaban J connectivity index is 3.02. The van der Waals surface area contributed by atoms with Crippen molar-refractivity contribution in [3.05, 3.63) is 0 Å². The van der Waals surface area contributed by atoms with E-state index in [1.807, 2.05) is 0 Å². The molecule has 0 bridgehead atoms. The van der Waals surface area contributed by atoms with E-state index in [4.69, 9.17) is 19.9 Å². The first-order valence-electron chi connectivity index (χ1n) is 5.69. The van der Waals surface area contributed by atoms with Crippen LogP contribution in [-0.2, 0) is 14.2 Å². The minimum atomic E-state index is 0.313. The Morgan fingerprint density at radius 3 is 2.53 bits per heavy atom. The summed E-state index contributed by atoms with van der Waals surface area (Å²) in [5.41, 5.74) is 5.41. The maximum Gasteiger partial charge on any atom is 0.0700 e. The van der Waals surface area contributed by atoms with E-state index < -0.39 is 0 Å². The highest BCUT2D eigenvalue weighted by Crippen LogP contribution is 2.00. The molecule has 0 rings (SSSR count).